The fraction of sp³-hybridized carbons (Fsp3) is 0. The number of hydrogen-bond acceptors (Lipinski definition) is 1. The van der Waals surface area contributed by atoms with Crippen molar-refractivity contribution in [2.75, 3.05) is 0 Å². The van der Waals surface area contributed by atoms with Crippen LogP contribution in [0, 0.1) is 11.8 Å². The monoisotopic (exact) mass is 154 g/mol. The van der Waals surface area contributed by atoms with E-state index in [2.05, 4.69) is 9.97 Å². The summed E-state index contributed by atoms with van der Waals surface area (Å²) in [5.41, 5.74) is 0.365. The van der Waals surface area contributed by atoms with Crippen molar-refractivity contribution in [2.45, 2.75) is 0 Å². The molecule has 0 saturated carbocycles. The van der Waals surface area contributed by atoms with Crippen LogP contribution in [0.15, 0.2) is 18.3 Å². The first-order valence-corrected chi connectivity index (χ1v) is 3.06. The maximum atomic E-state index is 12.5. The molecule has 0 aromatic carbocycles. The Morgan fingerprint density at radius 3 is 3.00 bits per heavy atom. The van der Waals surface area contributed by atoms with Gasteiger partial charge in [0.2, 0.25) is 0 Å². The third-order valence-corrected chi connectivity index (χ3v) is 1.45. The zero-order chi connectivity index (χ0) is 7.84. The molecule has 2 aromatic heterocycles. The van der Waals surface area contributed by atoms with Crippen LogP contribution < -0.4 is 0 Å². The van der Waals surface area contributed by atoms with Crippen LogP contribution in [0.2, 0.25) is 0 Å². The maximum absolute atomic E-state index is 12.5. The van der Waals surface area contributed by atoms with E-state index in [1.165, 1.54) is 0 Å². The van der Waals surface area contributed by atoms with Gasteiger partial charge in [-0.1, -0.05) is 0 Å². The van der Waals surface area contributed by atoms with Gasteiger partial charge in [0, 0.05) is 11.6 Å². The summed E-state index contributed by atoms with van der Waals surface area (Å²) in [6, 6.07) is 2.74. The van der Waals surface area contributed by atoms with Gasteiger partial charge in [0.25, 0.3) is 5.95 Å². The Hall–Kier alpha value is -1.45. The molecule has 0 bridgehead atoms. The van der Waals surface area contributed by atoms with Crippen molar-refractivity contribution in [1.29, 1.82) is 0 Å². The SMILES string of the molecule is Fc1cc2cc[nH]c2nc1F. The summed E-state index contributed by atoms with van der Waals surface area (Å²) >= 11 is 0. The normalized spacial score (nSPS) is 10.7. The smallest absolute Gasteiger partial charge is 0.250 e. The van der Waals surface area contributed by atoms with Gasteiger partial charge >= 0.3 is 0 Å². The Labute approximate surface area is 60.9 Å². The fourth-order valence-corrected chi connectivity index (χ4v) is 0.934. The second-order valence-corrected chi connectivity index (χ2v) is 2.18. The molecule has 0 radical (unpaired) electrons. The van der Waals surface area contributed by atoms with E-state index in [4.69, 9.17) is 0 Å². The van der Waals surface area contributed by atoms with E-state index in [0.29, 0.717) is 11.0 Å². The lowest BCUT2D eigenvalue weighted by atomic mass is 10.3. The van der Waals surface area contributed by atoms with E-state index in [9.17, 15) is 8.78 Å². The van der Waals surface area contributed by atoms with Crippen LogP contribution in [0.25, 0.3) is 11.0 Å². The van der Waals surface area contributed by atoms with Crippen molar-refractivity contribution >= 4 is 11.0 Å². The molecule has 0 spiro atoms. The Morgan fingerprint density at radius 1 is 1.36 bits per heavy atom. The van der Waals surface area contributed by atoms with E-state index in [0.717, 1.165) is 6.07 Å². The minimum atomic E-state index is -1.07. The number of halogens is 2. The molecule has 56 valence electrons. The summed E-state index contributed by atoms with van der Waals surface area (Å²) in [6.07, 6.45) is 1.58. The maximum Gasteiger partial charge on any atom is 0.250 e. The first kappa shape index (κ1) is 6.27. The van der Waals surface area contributed by atoms with Gasteiger partial charge in [0.1, 0.15) is 5.65 Å². The van der Waals surface area contributed by atoms with Crippen LogP contribution in [-0.4, -0.2) is 9.97 Å². The minimum Gasteiger partial charge on any atom is -0.346 e. The quantitative estimate of drug-likeness (QED) is 0.576. The zero-order valence-corrected chi connectivity index (χ0v) is 5.44. The molecule has 2 aromatic rings. The molecule has 2 rings (SSSR count). The molecule has 2 heterocycles. The molecule has 0 unspecified atom stereocenters. The molecule has 4 heteroatoms. The van der Waals surface area contributed by atoms with Gasteiger partial charge in [0.15, 0.2) is 5.82 Å². The highest BCUT2D eigenvalue weighted by Gasteiger charge is 2.04. The molecular weight excluding hydrogens is 150 g/mol. The lowest BCUT2D eigenvalue weighted by Gasteiger charge is -1.90. The summed E-state index contributed by atoms with van der Waals surface area (Å²) < 4.78 is 24.9. The number of nitrogens with zero attached hydrogens (tertiary/aromatic N) is 1. The molecule has 0 aliphatic rings. The number of hydrogen-bond donors (Lipinski definition) is 1. The highest BCUT2D eigenvalue weighted by atomic mass is 19.2. The van der Waals surface area contributed by atoms with Crippen molar-refractivity contribution in [2.24, 2.45) is 0 Å². The van der Waals surface area contributed by atoms with Crippen LogP contribution in [0.5, 0.6) is 0 Å². The summed E-state index contributed by atoms with van der Waals surface area (Å²) in [7, 11) is 0. The van der Waals surface area contributed by atoms with Gasteiger partial charge in [0.05, 0.1) is 0 Å². The van der Waals surface area contributed by atoms with Crippen molar-refractivity contribution in [1.82, 2.24) is 9.97 Å². The van der Waals surface area contributed by atoms with Crippen molar-refractivity contribution in [3.05, 3.63) is 30.1 Å². The Morgan fingerprint density at radius 2 is 2.18 bits per heavy atom. The number of aromatic nitrogens is 2. The van der Waals surface area contributed by atoms with Gasteiger partial charge in [-0.3, -0.25) is 0 Å². The number of pyridine rings is 1. The average molecular weight is 154 g/mol. The summed E-state index contributed by atoms with van der Waals surface area (Å²) in [6.45, 7) is 0. The number of fused-ring (bicyclic) bond motifs is 1. The van der Waals surface area contributed by atoms with E-state index in [1.807, 2.05) is 0 Å². The second kappa shape index (κ2) is 2.02. The fourth-order valence-electron chi connectivity index (χ4n) is 0.934. The molecule has 0 aliphatic carbocycles. The number of aromatic amines is 1. The van der Waals surface area contributed by atoms with Crippen molar-refractivity contribution in [3.8, 4) is 0 Å². The van der Waals surface area contributed by atoms with Gasteiger partial charge < -0.3 is 4.98 Å². The summed E-state index contributed by atoms with van der Waals surface area (Å²) in [5.74, 6) is -1.99. The Kier molecular flexibility index (Phi) is 1.15. The first-order chi connectivity index (χ1) is 5.27. The molecule has 1 N–H and O–H groups in total. The van der Waals surface area contributed by atoms with Crippen LogP contribution in [-0.2, 0) is 0 Å². The first-order valence-electron chi connectivity index (χ1n) is 3.06. The summed E-state index contributed by atoms with van der Waals surface area (Å²) in [5, 5.41) is 0.573. The molecule has 0 amide bonds. The van der Waals surface area contributed by atoms with Crippen LogP contribution in [0.4, 0.5) is 8.78 Å². The second-order valence-electron chi connectivity index (χ2n) is 2.18. The summed E-state index contributed by atoms with van der Waals surface area (Å²) in [4.78, 5) is 6.01. The van der Waals surface area contributed by atoms with E-state index >= 15 is 0 Å². The third kappa shape index (κ3) is 0.869. The number of nitrogens with one attached hydrogen (secondary N) is 1. The molecular formula is C7H4F2N2. The van der Waals surface area contributed by atoms with Crippen LogP contribution in [0.3, 0.4) is 0 Å². The topological polar surface area (TPSA) is 28.7 Å². The van der Waals surface area contributed by atoms with Crippen LogP contribution >= 0.6 is 0 Å². The van der Waals surface area contributed by atoms with Gasteiger partial charge in [-0.2, -0.15) is 9.37 Å². The standard InChI is InChI=1S/C7H4F2N2/c8-5-3-4-1-2-10-7(4)11-6(5)9/h1-3H,(H,10,11). The number of rotatable bonds is 0. The Balaban J connectivity index is 2.86. The molecule has 2 nitrogen and oxygen atoms in total. The van der Waals surface area contributed by atoms with E-state index < -0.39 is 11.8 Å². The predicted octanol–water partition coefficient (Wildman–Crippen LogP) is 1.84. The highest BCUT2D eigenvalue weighted by Crippen LogP contribution is 2.12. The minimum absolute atomic E-state index is 0.365. The lowest BCUT2D eigenvalue weighted by Crippen LogP contribution is -1.88. The van der Waals surface area contributed by atoms with Gasteiger partial charge in [-0.15, -0.1) is 0 Å². The predicted molar refractivity (Wildman–Crippen MR) is 36.0 cm³/mol. The van der Waals surface area contributed by atoms with Crippen molar-refractivity contribution in [3.63, 3.8) is 0 Å². The van der Waals surface area contributed by atoms with E-state index in [-0.39, 0.29) is 0 Å². The average Bonchev–Trinajstić information content (AvgIpc) is 2.36. The van der Waals surface area contributed by atoms with E-state index in [1.54, 1.807) is 12.3 Å². The van der Waals surface area contributed by atoms with Gasteiger partial charge in [-0.05, 0) is 12.1 Å². The third-order valence-electron chi connectivity index (χ3n) is 1.45. The molecule has 0 aliphatic heterocycles. The van der Waals surface area contributed by atoms with Crippen LogP contribution in [0.1, 0.15) is 0 Å². The van der Waals surface area contributed by atoms with Gasteiger partial charge in [-0.25, -0.2) is 4.39 Å². The largest absolute Gasteiger partial charge is 0.346 e. The number of H-pyrrole nitrogens is 1. The zero-order valence-electron chi connectivity index (χ0n) is 5.44. The lowest BCUT2D eigenvalue weighted by molar-refractivity contribution is 0.483. The molecule has 0 fully saturated rings. The molecule has 11 heavy (non-hydrogen) atoms. The molecule has 0 saturated heterocycles. The Bertz CT molecular complexity index is 358. The molecule has 0 atom stereocenters. The van der Waals surface area contributed by atoms with Crippen molar-refractivity contribution < 1.29 is 8.78 Å². The highest BCUT2D eigenvalue weighted by molar-refractivity contribution is 5.74.